The van der Waals surface area contributed by atoms with E-state index in [0.29, 0.717) is 37.6 Å². The van der Waals surface area contributed by atoms with Crippen molar-refractivity contribution in [1.29, 1.82) is 0 Å². The zero-order valence-corrected chi connectivity index (χ0v) is 14.6. The number of amides is 1. The second-order valence-electron chi connectivity index (χ2n) is 7.19. The van der Waals surface area contributed by atoms with Gasteiger partial charge in [0.1, 0.15) is 0 Å². The predicted octanol–water partition coefficient (Wildman–Crippen LogP) is 0.856. The van der Waals surface area contributed by atoms with Crippen LogP contribution in [-0.2, 0) is 14.2 Å². The highest BCUT2D eigenvalue weighted by atomic mass is 16.5. The summed E-state index contributed by atoms with van der Waals surface area (Å²) >= 11 is 0. The van der Waals surface area contributed by atoms with Crippen LogP contribution < -0.4 is 11.1 Å². The van der Waals surface area contributed by atoms with Crippen LogP contribution in [0.4, 0.5) is 0 Å². The molecule has 1 aliphatic carbocycles. The average molecular weight is 352 g/mol. The van der Waals surface area contributed by atoms with Gasteiger partial charge >= 0.3 is 13.1 Å². The van der Waals surface area contributed by atoms with Gasteiger partial charge in [0.25, 0.3) is 0 Å². The number of rotatable bonds is 6. The monoisotopic (exact) mass is 352 g/mol. The lowest BCUT2D eigenvalue weighted by Gasteiger charge is -2.29. The molecule has 140 valence electrons. The fourth-order valence-electron chi connectivity index (χ4n) is 3.61. The minimum atomic E-state index is -1.20. The Kier molecular flexibility index (Phi) is 7.93. The summed E-state index contributed by atoms with van der Waals surface area (Å²) in [6, 6.07) is 0. The number of nitrogens with one attached hydrogen (secondary N) is 1. The van der Waals surface area contributed by atoms with Crippen LogP contribution in [0, 0.1) is 11.8 Å². The van der Waals surface area contributed by atoms with Crippen LogP contribution >= 0.6 is 0 Å². The number of nitrogens with two attached hydrogens (primary N) is 1. The fraction of sp³-hybridized carbons (Fsp3) is 0.765. The van der Waals surface area contributed by atoms with E-state index in [-0.39, 0.29) is 12.3 Å². The highest BCUT2D eigenvalue weighted by molar-refractivity contribution is 6.45. The van der Waals surface area contributed by atoms with Gasteiger partial charge in [-0.2, -0.15) is 0 Å². The van der Waals surface area contributed by atoms with Gasteiger partial charge in [-0.25, -0.2) is 0 Å². The van der Waals surface area contributed by atoms with Crippen molar-refractivity contribution in [1.82, 2.24) is 5.32 Å². The Hall–Kier alpha value is -1.38. The van der Waals surface area contributed by atoms with E-state index in [0.717, 1.165) is 25.7 Å². The Bertz CT molecular complexity index is 480. The summed E-state index contributed by atoms with van der Waals surface area (Å²) < 4.78 is 5.43. The molecule has 0 bridgehead atoms. The average Bonchev–Trinajstić information content (AvgIpc) is 2.56. The van der Waals surface area contributed by atoms with Crippen molar-refractivity contribution in [3.8, 4) is 0 Å². The zero-order valence-electron chi connectivity index (χ0n) is 14.6. The summed E-state index contributed by atoms with van der Waals surface area (Å²) in [4.78, 5) is 23.1. The molecule has 7 nitrogen and oxygen atoms in total. The van der Waals surface area contributed by atoms with Crippen molar-refractivity contribution in [2.45, 2.75) is 63.4 Å². The predicted molar refractivity (Wildman–Crippen MR) is 94.5 cm³/mol. The molecule has 0 spiro atoms. The minimum Gasteiger partial charge on any atom is -0.481 e. The maximum Gasteiger partial charge on any atom is 0.478 e. The molecular weight excluding hydrogens is 323 g/mol. The molecule has 2 atom stereocenters. The maximum absolute atomic E-state index is 12.3. The van der Waals surface area contributed by atoms with Crippen molar-refractivity contribution in [3.05, 3.63) is 12.2 Å². The third-order valence-electron chi connectivity index (χ3n) is 5.15. The smallest absolute Gasteiger partial charge is 0.478 e. The van der Waals surface area contributed by atoms with E-state index < -0.39 is 25.1 Å². The van der Waals surface area contributed by atoms with E-state index >= 15 is 0 Å². The Morgan fingerprint density at radius 3 is 2.40 bits per heavy atom. The SMILES string of the molecule is NCC1CCC(CC(=O)N[C@H]2CC=CC[C@@H](CC(=O)O)OB2O)CC1. The highest BCUT2D eigenvalue weighted by Crippen LogP contribution is 2.30. The summed E-state index contributed by atoms with van der Waals surface area (Å²) in [6.07, 6.45) is 8.46. The largest absolute Gasteiger partial charge is 0.481 e. The van der Waals surface area contributed by atoms with Crippen LogP contribution in [0.1, 0.15) is 51.4 Å². The Balaban J connectivity index is 1.81. The summed E-state index contributed by atoms with van der Waals surface area (Å²) in [5.41, 5.74) is 5.69. The lowest BCUT2D eigenvalue weighted by atomic mass is 9.75. The number of hydrogen-bond acceptors (Lipinski definition) is 5. The second-order valence-corrected chi connectivity index (χ2v) is 7.19. The van der Waals surface area contributed by atoms with E-state index in [2.05, 4.69) is 5.32 Å². The molecule has 8 heteroatoms. The topological polar surface area (TPSA) is 122 Å². The van der Waals surface area contributed by atoms with Crippen LogP contribution in [0.5, 0.6) is 0 Å². The summed E-state index contributed by atoms with van der Waals surface area (Å²) in [5.74, 6) is -0.672. The quantitative estimate of drug-likeness (QED) is 0.415. The first-order chi connectivity index (χ1) is 12.0. The zero-order chi connectivity index (χ0) is 18.2. The molecule has 1 saturated carbocycles. The van der Waals surface area contributed by atoms with Crippen molar-refractivity contribution < 1.29 is 24.4 Å². The van der Waals surface area contributed by atoms with Crippen LogP contribution in [0.3, 0.4) is 0 Å². The number of carboxylic acids is 1. The minimum absolute atomic E-state index is 0.0902. The third-order valence-corrected chi connectivity index (χ3v) is 5.15. The van der Waals surface area contributed by atoms with E-state index in [1.807, 2.05) is 12.2 Å². The lowest BCUT2D eigenvalue weighted by molar-refractivity contribution is -0.139. The number of carboxylic acid groups (broad SMARTS) is 1. The van der Waals surface area contributed by atoms with Gasteiger partial charge in [-0.05, 0) is 56.9 Å². The van der Waals surface area contributed by atoms with Crippen molar-refractivity contribution in [2.24, 2.45) is 17.6 Å². The highest BCUT2D eigenvalue weighted by Gasteiger charge is 2.32. The number of carbonyl (C=O) groups is 2. The van der Waals surface area contributed by atoms with Crippen molar-refractivity contribution in [3.63, 3.8) is 0 Å². The molecule has 25 heavy (non-hydrogen) atoms. The summed E-state index contributed by atoms with van der Waals surface area (Å²) in [5, 5.41) is 21.9. The molecule has 1 heterocycles. The maximum atomic E-state index is 12.3. The van der Waals surface area contributed by atoms with Gasteiger partial charge in [-0.15, -0.1) is 0 Å². The normalized spacial score (nSPS) is 30.4. The van der Waals surface area contributed by atoms with Gasteiger partial charge in [-0.3, -0.25) is 9.59 Å². The Morgan fingerprint density at radius 2 is 1.76 bits per heavy atom. The van der Waals surface area contributed by atoms with E-state index in [4.69, 9.17) is 15.5 Å². The Labute approximate surface area is 149 Å². The second kappa shape index (κ2) is 9.94. The number of aliphatic carboxylic acids is 1. The molecule has 1 aliphatic heterocycles. The van der Waals surface area contributed by atoms with Gasteiger partial charge in [0, 0.05) is 6.42 Å². The molecule has 0 radical (unpaired) electrons. The molecule has 0 unspecified atom stereocenters. The Morgan fingerprint density at radius 1 is 1.12 bits per heavy atom. The fourth-order valence-corrected chi connectivity index (χ4v) is 3.61. The molecule has 0 aromatic heterocycles. The third kappa shape index (κ3) is 6.80. The first kappa shape index (κ1) is 19.9. The van der Waals surface area contributed by atoms with E-state index in [1.54, 1.807) is 0 Å². The van der Waals surface area contributed by atoms with Crippen LogP contribution in [-0.4, -0.2) is 47.7 Å². The molecule has 0 saturated heterocycles. The van der Waals surface area contributed by atoms with E-state index in [9.17, 15) is 14.6 Å². The molecule has 0 aromatic rings. The number of carbonyl (C=O) groups excluding carboxylic acids is 1. The summed E-state index contributed by atoms with van der Waals surface area (Å²) in [6.45, 7) is 0.717. The van der Waals surface area contributed by atoms with Crippen LogP contribution in [0.15, 0.2) is 12.2 Å². The van der Waals surface area contributed by atoms with Crippen molar-refractivity contribution in [2.75, 3.05) is 6.54 Å². The molecule has 1 fully saturated rings. The standard InChI is InChI=1S/C17H29BN2O5/c19-11-13-7-5-12(6-8-13)9-16(21)20-15-4-2-1-3-14(10-17(22)23)25-18(15)24/h1-2,12-15,24H,3-11,19H2,(H,20,21)(H,22,23)/t12?,13?,14-,15-/m0/s1. The summed E-state index contributed by atoms with van der Waals surface area (Å²) in [7, 11) is -1.20. The van der Waals surface area contributed by atoms with Gasteiger partial charge in [0.15, 0.2) is 0 Å². The van der Waals surface area contributed by atoms with Gasteiger partial charge in [-0.1, -0.05) is 12.2 Å². The van der Waals surface area contributed by atoms with Crippen LogP contribution in [0.2, 0.25) is 0 Å². The first-order valence-electron chi connectivity index (χ1n) is 9.17. The van der Waals surface area contributed by atoms with Crippen molar-refractivity contribution >= 4 is 19.0 Å². The molecule has 2 rings (SSSR count). The molecule has 0 aromatic carbocycles. The van der Waals surface area contributed by atoms with Gasteiger partial charge in [0.05, 0.1) is 18.5 Å². The first-order valence-corrected chi connectivity index (χ1v) is 9.17. The molecule has 2 aliphatic rings. The van der Waals surface area contributed by atoms with E-state index in [1.165, 1.54) is 0 Å². The van der Waals surface area contributed by atoms with Gasteiger partial charge in [0.2, 0.25) is 5.91 Å². The van der Waals surface area contributed by atoms with Crippen LogP contribution in [0.25, 0.3) is 0 Å². The number of hydrogen-bond donors (Lipinski definition) is 4. The lowest BCUT2D eigenvalue weighted by Crippen LogP contribution is -2.50. The van der Waals surface area contributed by atoms with Gasteiger partial charge < -0.3 is 25.8 Å². The molecule has 1 amide bonds. The molecular formula is C17H29BN2O5. The molecule has 5 N–H and O–H groups in total.